The van der Waals surface area contributed by atoms with Crippen molar-refractivity contribution in [3.05, 3.63) is 21.6 Å². The van der Waals surface area contributed by atoms with E-state index in [1.54, 1.807) is 14.7 Å². The molecule has 0 bridgehead atoms. The Morgan fingerprint density at radius 2 is 2.08 bits per heavy atom. The standard InChI is InChI=1S/C18H27N5O3/c1-11(2)8-23-9-12(7-15(23)24)17(26)22-6-5-13-14(10-22)19-18(21(3)4)20-16(13)25/h11-12H,5-10H2,1-4H3,(H,19,20,25)/t12-/m1/s1. The molecule has 0 spiro atoms. The van der Waals surface area contributed by atoms with Gasteiger partial charge < -0.3 is 14.7 Å². The van der Waals surface area contributed by atoms with Crippen LogP contribution in [0.3, 0.4) is 0 Å². The van der Waals surface area contributed by atoms with E-state index in [9.17, 15) is 14.4 Å². The summed E-state index contributed by atoms with van der Waals surface area (Å²) in [7, 11) is 3.62. The fraction of sp³-hybridized carbons (Fsp3) is 0.667. The lowest BCUT2D eigenvalue weighted by Crippen LogP contribution is -2.43. The van der Waals surface area contributed by atoms with E-state index < -0.39 is 0 Å². The molecule has 26 heavy (non-hydrogen) atoms. The summed E-state index contributed by atoms with van der Waals surface area (Å²) < 4.78 is 0. The summed E-state index contributed by atoms with van der Waals surface area (Å²) in [6.07, 6.45) is 0.772. The fourth-order valence-corrected chi connectivity index (χ4v) is 3.64. The zero-order valence-electron chi connectivity index (χ0n) is 15.9. The summed E-state index contributed by atoms with van der Waals surface area (Å²) in [4.78, 5) is 49.8. The van der Waals surface area contributed by atoms with E-state index in [0.29, 0.717) is 55.7 Å². The zero-order valence-corrected chi connectivity index (χ0v) is 15.9. The van der Waals surface area contributed by atoms with Crippen molar-refractivity contribution >= 4 is 17.8 Å². The fourth-order valence-electron chi connectivity index (χ4n) is 3.64. The molecule has 0 aromatic carbocycles. The van der Waals surface area contributed by atoms with Crippen LogP contribution in [0, 0.1) is 11.8 Å². The molecule has 1 fully saturated rings. The number of carbonyl (C=O) groups excluding carboxylic acids is 2. The first-order valence-electron chi connectivity index (χ1n) is 9.12. The number of likely N-dealkylation sites (tertiary alicyclic amines) is 1. The van der Waals surface area contributed by atoms with Crippen molar-refractivity contribution in [2.45, 2.75) is 33.2 Å². The minimum Gasteiger partial charge on any atom is -0.348 e. The number of rotatable bonds is 4. The number of hydrogen-bond donors (Lipinski definition) is 1. The van der Waals surface area contributed by atoms with Crippen molar-refractivity contribution in [2.75, 3.05) is 38.6 Å². The number of hydrogen-bond acceptors (Lipinski definition) is 5. The van der Waals surface area contributed by atoms with Crippen molar-refractivity contribution in [3.63, 3.8) is 0 Å². The average molecular weight is 361 g/mol. The number of fused-ring (bicyclic) bond motifs is 1. The van der Waals surface area contributed by atoms with Crippen molar-refractivity contribution in [3.8, 4) is 0 Å². The second-order valence-electron chi connectivity index (χ2n) is 7.81. The Labute approximate surface area is 153 Å². The maximum Gasteiger partial charge on any atom is 0.255 e. The zero-order chi connectivity index (χ0) is 19.0. The van der Waals surface area contributed by atoms with Crippen LogP contribution in [0.5, 0.6) is 0 Å². The molecule has 1 aromatic heterocycles. The SMILES string of the molecule is CC(C)CN1C[C@H](C(=O)N2CCc3c(nc(N(C)C)[nH]c3=O)C2)CC1=O. The number of anilines is 1. The number of nitrogens with one attached hydrogen (secondary N) is 1. The lowest BCUT2D eigenvalue weighted by Gasteiger charge is -2.30. The molecule has 8 heteroatoms. The Morgan fingerprint density at radius 1 is 1.35 bits per heavy atom. The van der Waals surface area contributed by atoms with E-state index in [0.717, 1.165) is 0 Å². The first-order chi connectivity index (χ1) is 12.3. The molecular weight excluding hydrogens is 334 g/mol. The molecule has 1 N–H and O–H groups in total. The lowest BCUT2D eigenvalue weighted by atomic mass is 10.0. The van der Waals surface area contributed by atoms with E-state index in [4.69, 9.17) is 0 Å². The van der Waals surface area contributed by atoms with E-state index in [-0.39, 0.29) is 29.7 Å². The van der Waals surface area contributed by atoms with Crippen LogP contribution in [0.4, 0.5) is 5.95 Å². The predicted molar refractivity (Wildman–Crippen MR) is 97.8 cm³/mol. The van der Waals surface area contributed by atoms with Gasteiger partial charge >= 0.3 is 0 Å². The average Bonchev–Trinajstić information content (AvgIpc) is 2.93. The van der Waals surface area contributed by atoms with Gasteiger partial charge in [0.1, 0.15) is 0 Å². The molecular formula is C18H27N5O3. The van der Waals surface area contributed by atoms with E-state index in [1.165, 1.54) is 0 Å². The molecule has 2 aliphatic heterocycles. The summed E-state index contributed by atoms with van der Waals surface area (Å²) in [5.41, 5.74) is 1.17. The normalized spacial score (nSPS) is 19.9. The number of H-pyrrole nitrogens is 1. The van der Waals surface area contributed by atoms with Crippen molar-refractivity contribution in [2.24, 2.45) is 11.8 Å². The molecule has 8 nitrogen and oxygen atoms in total. The molecule has 0 aliphatic carbocycles. The van der Waals surface area contributed by atoms with Gasteiger partial charge in [0.2, 0.25) is 17.8 Å². The molecule has 2 amide bonds. The topological polar surface area (TPSA) is 89.6 Å². The number of carbonyl (C=O) groups is 2. The summed E-state index contributed by atoms with van der Waals surface area (Å²) in [5, 5.41) is 0. The number of aromatic nitrogens is 2. The molecule has 0 saturated carbocycles. The third kappa shape index (κ3) is 3.59. The second kappa shape index (κ2) is 7.09. The quantitative estimate of drug-likeness (QED) is 0.829. The van der Waals surface area contributed by atoms with E-state index in [1.807, 2.05) is 14.1 Å². The van der Waals surface area contributed by atoms with E-state index >= 15 is 0 Å². The third-order valence-corrected chi connectivity index (χ3v) is 4.95. The Kier molecular flexibility index (Phi) is 5.02. The highest BCUT2D eigenvalue weighted by Crippen LogP contribution is 2.24. The summed E-state index contributed by atoms with van der Waals surface area (Å²) in [5.74, 6) is 0.623. The van der Waals surface area contributed by atoms with Crippen LogP contribution in [-0.2, 0) is 22.6 Å². The molecule has 3 rings (SSSR count). The first kappa shape index (κ1) is 18.4. The predicted octanol–water partition coefficient (Wildman–Crippen LogP) is 0.225. The largest absolute Gasteiger partial charge is 0.348 e. The Balaban J connectivity index is 1.73. The Bertz CT molecular complexity index is 771. The molecule has 142 valence electrons. The van der Waals surface area contributed by atoms with Crippen LogP contribution >= 0.6 is 0 Å². The minimum atomic E-state index is -0.293. The second-order valence-corrected chi connectivity index (χ2v) is 7.81. The minimum absolute atomic E-state index is 0.0104. The van der Waals surface area contributed by atoms with Crippen LogP contribution in [0.25, 0.3) is 0 Å². The van der Waals surface area contributed by atoms with Gasteiger partial charge in [-0.1, -0.05) is 13.8 Å². The summed E-state index contributed by atoms with van der Waals surface area (Å²) in [6.45, 7) is 6.13. The van der Waals surface area contributed by atoms with Gasteiger partial charge in [-0.05, 0) is 12.3 Å². The maximum absolute atomic E-state index is 12.9. The molecule has 0 unspecified atom stereocenters. The molecule has 1 saturated heterocycles. The lowest BCUT2D eigenvalue weighted by molar-refractivity contribution is -0.136. The first-order valence-corrected chi connectivity index (χ1v) is 9.12. The number of nitrogens with zero attached hydrogens (tertiary/aromatic N) is 4. The molecule has 1 aromatic rings. The van der Waals surface area contributed by atoms with Gasteiger partial charge in [-0.25, -0.2) is 4.98 Å². The van der Waals surface area contributed by atoms with Crippen LogP contribution in [0.15, 0.2) is 4.79 Å². The molecule has 1 atom stereocenters. The summed E-state index contributed by atoms with van der Waals surface area (Å²) in [6, 6.07) is 0. The molecule has 2 aliphatic rings. The van der Waals surface area contributed by atoms with Gasteiger partial charge in [0.05, 0.1) is 18.2 Å². The number of amides is 2. The van der Waals surface area contributed by atoms with Gasteiger partial charge in [-0.3, -0.25) is 19.4 Å². The van der Waals surface area contributed by atoms with Crippen LogP contribution < -0.4 is 10.5 Å². The third-order valence-electron chi connectivity index (χ3n) is 4.95. The highest BCUT2D eigenvalue weighted by molar-refractivity contribution is 5.89. The van der Waals surface area contributed by atoms with Gasteiger partial charge in [0.15, 0.2) is 0 Å². The van der Waals surface area contributed by atoms with Gasteiger partial charge in [0, 0.05) is 45.7 Å². The van der Waals surface area contributed by atoms with Crippen molar-refractivity contribution in [1.29, 1.82) is 0 Å². The van der Waals surface area contributed by atoms with Gasteiger partial charge in [-0.2, -0.15) is 0 Å². The maximum atomic E-state index is 12.9. The van der Waals surface area contributed by atoms with Gasteiger partial charge in [0.25, 0.3) is 5.56 Å². The van der Waals surface area contributed by atoms with Crippen LogP contribution in [0.1, 0.15) is 31.5 Å². The highest BCUT2D eigenvalue weighted by atomic mass is 16.2. The number of aromatic amines is 1. The van der Waals surface area contributed by atoms with Gasteiger partial charge in [-0.15, -0.1) is 0 Å². The van der Waals surface area contributed by atoms with Crippen molar-refractivity contribution in [1.82, 2.24) is 19.8 Å². The van der Waals surface area contributed by atoms with Crippen LogP contribution in [-0.4, -0.2) is 65.3 Å². The smallest absolute Gasteiger partial charge is 0.255 e. The Hall–Kier alpha value is -2.38. The Morgan fingerprint density at radius 3 is 2.73 bits per heavy atom. The van der Waals surface area contributed by atoms with Crippen LogP contribution in [0.2, 0.25) is 0 Å². The van der Waals surface area contributed by atoms with Crippen molar-refractivity contribution < 1.29 is 9.59 Å². The highest BCUT2D eigenvalue weighted by Gasteiger charge is 2.37. The van der Waals surface area contributed by atoms with E-state index in [2.05, 4.69) is 23.8 Å². The summed E-state index contributed by atoms with van der Waals surface area (Å²) >= 11 is 0. The monoisotopic (exact) mass is 361 g/mol. The molecule has 3 heterocycles. The molecule has 0 radical (unpaired) electrons.